The van der Waals surface area contributed by atoms with Gasteiger partial charge in [-0.1, -0.05) is 17.7 Å². The average molecular weight is 580 g/mol. The van der Waals surface area contributed by atoms with Gasteiger partial charge < -0.3 is 19.1 Å². The van der Waals surface area contributed by atoms with Crippen molar-refractivity contribution in [3.05, 3.63) is 94.0 Å². The van der Waals surface area contributed by atoms with Crippen LogP contribution in [0.2, 0.25) is 5.02 Å². The van der Waals surface area contributed by atoms with Crippen LogP contribution in [-0.2, 0) is 31.4 Å². The molecule has 0 amide bonds. The van der Waals surface area contributed by atoms with Gasteiger partial charge in [0, 0.05) is 37.9 Å². The standard InChI is InChI=1S/C29H24ClF2N5O4/c1-36-14-20(30)25(35-36)15-41-28-4-2-3-23(34-28)19-12-21(31)17(9-22(19)32)11-27-33-24-6-5-16(29(38)39)10-26(24)37(27)13-18-7-8-40-18/h2-6,9-10,12,14,18H,7-8,11,13,15H2,1H3,(H,38,39)/t18-/m0/s1. The molecule has 3 aromatic heterocycles. The Kier molecular flexibility index (Phi) is 7.14. The Hall–Kier alpha value is -4.35. The molecule has 1 aliphatic heterocycles. The number of aromatic nitrogens is 5. The molecule has 9 nitrogen and oxygen atoms in total. The average Bonchev–Trinajstić information content (AvgIpc) is 3.43. The first kappa shape index (κ1) is 26.9. The summed E-state index contributed by atoms with van der Waals surface area (Å²) in [7, 11) is 1.74. The van der Waals surface area contributed by atoms with Crippen LogP contribution in [0.1, 0.15) is 33.9 Å². The Labute approximate surface area is 237 Å². The third-order valence-electron chi connectivity index (χ3n) is 6.95. The summed E-state index contributed by atoms with van der Waals surface area (Å²) in [6, 6.07) is 11.7. The summed E-state index contributed by atoms with van der Waals surface area (Å²) in [4.78, 5) is 20.5. The summed E-state index contributed by atoms with van der Waals surface area (Å²) in [6.45, 7) is 1.13. The van der Waals surface area contributed by atoms with Crippen LogP contribution in [0.4, 0.5) is 8.78 Å². The third-order valence-corrected chi connectivity index (χ3v) is 7.26. The number of pyridine rings is 1. The largest absolute Gasteiger partial charge is 0.478 e. The van der Waals surface area contributed by atoms with Gasteiger partial charge in [-0.25, -0.2) is 23.5 Å². The fourth-order valence-electron chi connectivity index (χ4n) is 4.76. The zero-order valence-corrected chi connectivity index (χ0v) is 22.6. The normalized spacial score (nSPS) is 14.8. The van der Waals surface area contributed by atoms with E-state index >= 15 is 8.78 Å². The zero-order valence-electron chi connectivity index (χ0n) is 21.9. The molecule has 5 aromatic rings. The van der Waals surface area contributed by atoms with E-state index in [0.29, 0.717) is 40.7 Å². The van der Waals surface area contributed by atoms with Gasteiger partial charge in [0.05, 0.1) is 40.0 Å². The number of carbonyl (C=O) groups is 1. The molecule has 0 saturated carbocycles. The smallest absolute Gasteiger partial charge is 0.335 e. The Morgan fingerprint density at radius 3 is 2.71 bits per heavy atom. The van der Waals surface area contributed by atoms with E-state index in [-0.39, 0.29) is 47.4 Å². The third kappa shape index (κ3) is 5.50. The number of nitrogens with zero attached hydrogens (tertiary/aromatic N) is 5. The van der Waals surface area contributed by atoms with Gasteiger partial charge in [0.2, 0.25) is 5.88 Å². The van der Waals surface area contributed by atoms with Crippen LogP contribution < -0.4 is 4.74 Å². The molecular formula is C29H24ClF2N5O4. The van der Waals surface area contributed by atoms with Crippen molar-refractivity contribution in [2.24, 2.45) is 7.05 Å². The summed E-state index contributed by atoms with van der Waals surface area (Å²) >= 11 is 6.13. The molecule has 0 bridgehead atoms. The van der Waals surface area contributed by atoms with E-state index in [9.17, 15) is 9.90 Å². The first-order valence-electron chi connectivity index (χ1n) is 12.9. The molecule has 0 aliphatic carbocycles. The van der Waals surface area contributed by atoms with Gasteiger partial charge in [-0.15, -0.1) is 0 Å². The molecule has 0 unspecified atom stereocenters. The van der Waals surface area contributed by atoms with Crippen molar-refractivity contribution in [1.29, 1.82) is 0 Å². The quantitative estimate of drug-likeness (QED) is 0.249. The topological polar surface area (TPSA) is 104 Å². The van der Waals surface area contributed by atoms with Gasteiger partial charge >= 0.3 is 5.97 Å². The lowest BCUT2D eigenvalue weighted by Crippen LogP contribution is -2.31. The van der Waals surface area contributed by atoms with Crippen molar-refractivity contribution in [2.75, 3.05) is 6.61 Å². The van der Waals surface area contributed by atoms with Crippen LogP contribution in [0.25, 0.3) is 22.3 Å². The first-order chi connectivity index (χ1) is 19.7. The number of hydrogen-bond donors (Lipinski definition) is 1. The van der Waals surface area contributed by atoms with E-state index in [1.165, 1.54) is 12.1 Å². The van der Waals surface area contributed by atoms with Gasteiger partial charge in [0.15, 0.2) is 0 Å². The lowest BCUT2D eigenvalue weighted by atomic mass is 10.0. The second-order valence-corrected chi connectivity index (χ2v) is 10.2. The summed E-state index contributed by atoms with van der Waals surface area (Å²) in [5.41, 5.74) is 2.09. The molecule has 0 radical (unpaired) electrons. The molecule has 1 saturated heterocycles. The summed E-state index contributed by atoms with van der Waals surface area (Å²) in [6.07, 6.45) is 2.43. The van der Waals surface area contributed by atoms with Crippen molar-refractivity contribution in [3.8, 4) is 17.1 Å². The Bertz CT molecular complexity index is 1780. The molecule has 0 spiro atoms. The van der Waals surface area contributed by atoms with Gasteiger partial charge in [0.1, 0.15) is 29.8 Å². The van der Waals surface area contributed by atoms with Crippen LogP contribution in [0.15, 0.2) is 54.7 Å². The molecule has 6 rings (SSSR count). The maximum Gasteiger partial charge on any atom is 0.335 e. The van der Waals surface area contributed by atoms with Crippen molar-refractivity contribution >= 4 is 28.6 Å². The SMILES string of the molecule is Cn1cc(Cl)c(COc2cccc(-c3cc(F)c(Cc4nc5ccc(C(=O)O)cc5n4C[C@@H]4CCO4)cc3F)n2)n1. The number of halogens is 3. The fourth-order valence-corrected chi connectivity index (χ4v) is 4.99. The number of imidazole rings is 1. The number of carboxylic acid groups (broad SMARTS) is 1. The van der Waals surface area contributed by atoms with E-state index in [4.69, 9.17) is 21.1 Å². The van der Waals surface area contributed by atoms with Crippen molar-refractivity contribution in [3.63, 3.8) is 0 Å². The number of aromatic carboxylic acids is 1. The molecule has 1 fully saturated rings. The van der Waals surface area contributed by atoms with E-state index < -0.39 is 17.6 Å². The number of hydrogen-bond acceptors (Lipinski definition) is 6. The number of fused-ring (bicyclic) bond motifs is 1. The number of carboxylic acids is 1. The first-order valence-corrected chi connectivity index (χ1v) is 13.2. The Morgan fingerprint density at radius 1 is 1.17 bits per heavy atom. The fraction of sp³-hybridized carbons (Fsp3) is 0.241. The Balaban J connectivity index is 1.28. The second kappa shape index (κ2) is 10.9. The second-order valence-electron chi connectivity index (χ2n) is 9.78. The van der Waals surface area contributed by atoms with E-state index in [1.54, 1.807) is 42.2 Å². The number of ether oxygens (including phenoxy) is 2. The minimum absolute atomic E-state index is 0.00570. The number of rotatable bonds is 9. The highest BCUT2D eigenvalue weighted by atomic mass is 35.5. The van der Waals surface area contributed by atoms with Crippen molar-refractivity contribution in [1.82, 2.24) is 24.3 Å². The minimum atomic E-state index is -1.06. The predicted molar refractivity (Wildman–Crippen MR) is 146 cm³/mol. The van der Waals surface area contributed by atoms with Crippen molar-refractivity contribution < 1.29 is 28.2 Å². The van der Waals surface area contributed by atoms with Gasteiger partial charge in [-0.3, -0.25) is 4.68 Å². The van der Waals surface area contributed by atoms with Crippen LogP contribution in [0.3, 0.4) is 0 Å². The summed E-state index contributed by atoms with van der Waals surface area (Å²) < 4.78 is 45.5. The predicted octanol–water partition coefficient (Wildman–Crippen LogP) is 5.42. The van der Waals surface area contributed by atoms with Gasteiger partial charge in [-0.05, 0) is 48.4 Å². The molecule has 2 aromatic carbocycles. The number of benzene rings is 2. The van der Waals surface area contributed by atoms with Crippen LogP contribution in [0, 0.1) is 11.6 Å². The molecule has 41 heavy (non-hydrogen) atoms. The maximum absolute atomic E-state index is 15.4. The minimum Gasteiger partial charge on any atom is -0.478 e. The molecule has 210 valence electrons. The lowest BCUT2D eigenvalue weighted by Gasteiger charge is -2.27. The van der Waals surface area contributed by atoms with Crippen LogP contribution >= 0.6 is 11.6 Å². The Morgan fingerprint density at radius 2 is 2.00 bits per heavy atom. The molecule has 1 N–H and O–H groups in total. The van der Waals surface area contributed by atoms with Crippen molar-refractivity contribution in [2.45, 2.75) is 32.1 Å². The zero-order chi connectivity index (χ0) is 28.7. The molecule has 12 heteroatoms. The van der Waals surface area contributed by atoms with Crippen LogP contribution in [0.5, 0.6) is 5.88 Å². The summed E-state index contributed by atoms with van der Waals surface area (Å²) in [5.74, 6) is -1.66. The molecule has 1 aliphatic rings. The van der Waals surface area contributed by atoms with Gasteiger partial charge in [-0.2, -0.15) is 5.10 Å². The van der Waals surface area contributed by atoms with E-state index in [1.807, 2.05) is 4.57 Å². The molecule has 4 heterocycles. The number of aryl methyl sites for hydroxylation is 1. The molecular weight excluding hydrogens is 556 g/mol. The van der Waals surface area contributed by atoms with Gasteiger partial charge in [0.25, 0.3) is 0 Å². The van der Waals surface area contributed by atoms with Crippen LogP contribution in [-0.4, -0.2) is 48.1 Å². The highest BCUT2D eigenvalue weighted by Gasteiger charge is 2.24. The molecule has 1 atom stereocenters. The van der Waals surface area contributed by atoms with E-state index in [0.717, 1.165) is 18.6 Å². The lowest BCUT2D eigenvalue weighted by molar-refractivity contribution is -0.0589. The maximum atomic E-state index is 15.4. The monoisotopic (exact) mass is 579 g/mol. The summed E-state index contributed by atoms with van der Waals surface area (Å²) in [5, 5.41) is 14.1. The highest BCUT2D eigenvalue weighted by molar-refractivity contribution is 6.31. The van der Waals surface area contributed by atoms with E-state index in [2.05, 4.69) is 15.1 Å². The highest BCUT2D eigenvalue weighted by Crippen LogP contribution is 2.29.